The third-order valence-corrected chi connectivity index (χ3v) is 7.61. The summed E-state index contributed by atoms with van der Waals surface area (Å²) in [5.74, 6) is 0.503. The van der Waals surface area contributed by atoms with Crippen LogP contribution in [0.3, 0.4) is 0 Å². The number of nitrogens with one attached hydrogen (secondary N) is 1. The second kappa shape index (κ2) is 10.1. The van der Waals surface area contributed by atoms with Crippen molar-refractivity contribution in [3.8, 4) is 0 Å². The Morgan fingerprint density at radius 1 is 0.964 bits per heavy atom. The summed E-state index contributed by atoms with van der Waals surface area (Å²) in [5, 5.41) is 2.87. The van der Waals surface area contributed by atoms with E-state index in [1.807, 2.05) is 30.3 Å². The minimum atomic E-state index is -3.55. The SMILES string of the molecule is O=C(NCCSc1ccccc1)c1cccc(S(=O)(=O)N2CCCCCC2)c1. The lowest BCUT2D eigenvalue weighted by atomic mass is 10.2. The van der Waals surface area contributed by atoms with Crippen LogP contribution in [0.2, 0.25) is 0 Å². The number of carbonyl (C=O) groups is 1. The molecule has 1 aliphatic rings. The summed E-state index contributed by atoms with van der Waals surface area (Å²) >= 11 is 1.67. The summed E-state index contributed by atoms with van der Waals surface area (Å²) in [6.07, 6.45) is 3.90. The Balaban J connectivity index is 1.59. The molecule has 1 amide bonds. The Morgan fingerprint density at radius 2 is 1.68 bits per heavy atom. The van der Waals surface area contributed by atoms with Crippen molar-refractivity contribution in [3.05, 3.63) is 60.2 Å². The summed E-state index contributed by atoms with van der Waals surface area (Å²) in [7, 11) is -3.55. The topological polar surface area (TPSA) is 66.5 Å². The lowest BCUT2D eigenvalue weighted by Crippen LogP contribution is -2.32. The molecule has 1 N–H and O–H groups in total. The minimum Gasteiger partial charge on any atom is -0.351 e. The van der Waals surface area contributed by atoms with Crippen LogP contribution < -0.4 is 5.32 Å². The van der Waals surface area contributed by atoms with Gasteiger partial charge in [0.2, 0.25) is 10.0 Å². The first-order valence-electron chi connectivity index (χ1n) is 9.64. The Hall–Kier alpha value is -1.83. The molecular formula is C21H26N2O3S2. The molecule has 0 atom stereocenters. The molecular weight excluding hydrogens is 392 g/mol. The van der Waals surface area contributed by atoms with Crippen LogP contribution in [0.1, 0.15) is 36.0 Å². The fraction of sp³-hybridized carbons (Fsp3) is 0.381. The van der Waals surface area contributed by atoms with Gasteiger partial charge in [0.05, 0.1) is 4.90 Å². The number of sulfonamides is 1. The normalized spacial score (nSPS) is 15.7. The summed E-state index contributed by atoms with van der Waals surface area (Å²) in [6.45, 7) is 1.62. The van der Waals surface area contributed by atoms with Crippen LogP contribution in [0.5, 0.6) is 0 Å². The monoisotopic (exact) mass is 418 g/mol. The summed E-state index contributed by atoms with van der Waals surface area (Å²) in [6, 6.07) is 16.3. The molecule has 0 unspecified atom stereocenters. The quantitative estimate of drug-likeness (QED) is 0.549. The second-order valence-electron chi connectivity index (χ2n) is 6.76. The van der Waals surface area contributed by atoms with Crippen LogP contribution in [0.15, 0.2) is 64.4 Å². The largest absolute Gasteiger partial charge is 0.351 e. The van der Waals surface area contributed by atoms with Gasteiger partial charge >= 0.3 is 0 Å². The third-order valence-electron chi connectivity index (χ3n) is 4.70. The first-order valence-corrected chi connectivity index (χ1v) is 12.1. The molecule has 7 heteroatoms. The van der Waals surface area contributed by atoms with Crippen LogP contribution in [0, 0.1) is 0 Å². The van der Waals surface area contributed by atoms with Crippen molar-refractivity contribution >= 4 is 27.7 Å². The van der Waals surface area contributed by atoms with Gasteiger partial charge in [-0.2, -0.15) is 4.31 Å². The lowest BCUT2D eigenvalue weighted by molar-refractivity contribution is 0.0956. The van der Waals surface area contributed by atoms with Crippen molar-refractivity contribution < 1.29 is 13.2 Å². The predicted octanol–water partition coefficient (Wildman–Crippen LogP) is 3.77. The number of benzene rings is 2. The number of hydrogen-bond donors (Lipinski definition) is 1. The molecule has 1 aliphatic heterocycles. The van der Waals surface area contributed by atoms with Crippen molar-refractivity contribution in [2.45, 2.75) is 35.5 Å². The molecule has 2 aromatic carbocycles. The van der Waals surface area contributed by atoms with E-state index >= 15 is 0 Å². The molecule has 0 aromatic heterocycles. The maximum atomic E-state index is 12.9. The van der Waals surface area contributed by atoms with Gasteiger partial charge in [-0.05, 0) is 43.2 Å². The molecule has 150 valence electrons. The number of nitrogens with zero attached hydrogens (tertiary/aromatic N) is 1. The standard InChI is InChI=1S/C21H26N2O3S2/c24-21(22-13-16-27-19-10-4-3-5-11-19)18-9-8-12-20(17-18)28(25,26)23-14-6-1-2-7-15-23/h3-5,8-12,17H,1-2,6-7,13-16H2,(H,22,24). The Kier molecular flexibility index (Phi) is 7.53. The molecule has 0 saturated carbocycles. The number of thioether (sulfide) groups is 1. The van der Waals surface area contributed by atoms with Crippen LogP contribution in [-0.4, -0.2) is 44.0 Å². The van der Waals surface area contributed by atoms with E-state index in [-0.39, 0.29) is 10.8 Å². The van der Waals surface area contributed by atoms with E-state index in [4.69, 9.17) is 0 Å². The van der Waals surface area contributed by atoms with Crippen LogP contribution in [0.25, 0.3) is 0 Å². The van der Waals surface area contributed by atoms with Crippen molar-refractivity contribution in [1.29, 1.82) is 0 Å². The number of rotatable bonds is 7. The van der Waals surface area contributed by atoms with Crippen molar-refractivity contribution in [1.82, 2.24) is 9.62 Å². The Labute approximate surface area is 171 Å². The molecule has 28 heavy (non-hydrogen) atoms. The highest BCUT2D eigenvalue weighted by molar-refractivity contribution is 7.99. The average molecular weight is 419 g/mol. The highest BCUT2D eigenvalue weighted by Gasteiger charge is 2.25. The van der Waals surface area contributed by atoms with E-state index in [1.165, 1.54) is 6.07 Å². The minimum absolute atomic E-state index is 0.195. The van der Waals surface area contributed by atoms with E-state index in [2.05, 4.69) is 5.32 Å². The molecule has 3 rings (SSSR count). The van der Waals surface area contributed by atoms with Gasteiger partial charge in [-0.25, -0.2) is 8.42 Å². The Bertz CT molecular complexity index is 878. The summed E-state index contributed by atoms with van der Waals surface area (Å²) < 4.78 is 27.4. The number of amides is 1. The van der Waals surface area contributed by atoms with Crippen LogP contribution >= 0.6 is 11.8 Å². The average Bonchev–Trinajstić information content (AvgIpc) is 3.02. The van der Waals surface area contributed by atoms with Gasteiger partial charge in [0, 0.05) is 35.8 Å². The van der Waals surface area contributed by atoms with Gasteiger partial charge in [-0.1, -0.05) is 37.1 Å². The van der Waals surface area contributed by atoms with Gasteiger partial charge in [0.1, 0.15) is 0 Å². The zero-order valence-electron chi connectivity index (χ0n) is 15.8. The highest BCUT2D eigenvalue weighted by Crippen LogP contribution is 2.21. The maximum Gasteiger partial charge on any atom is 0.251 e. The number of hydrogen-bond acceptors (Lipinski definition) is 4. The van der Waals surface area contributed by atoms with E-state index < -0.39 is 10.0 Å². The van der Waals surface area contributed by atoms with Crippen LogP contribution in [0.4, 0.5) is 0 Å². The fourth-order valence-corrected chi connectivity index (χ4v) is 5.53. The third kappa shape index (κ3) is 5.59. The highest BCUT2D eigenvalue weighted by atomic mass is 32.2. The number of carbonyl (C=O) groups excluding carboxylic acids is 1. The summed E-state index contributed by atoms with van der Waals surface area (Å²) in [5.41, 5.74) is 0.376. The second-order valence-corrected chi connectivity index (χ2v) is 9.87. The molecule has 5 nitrogen and oxygen atoms in total. The van der Waals surface area contributed by atoms with Gasteiger partial charge < -0.3 is 5.32 Å². The molecule has 2 aromatic rings. The molecule has 0 aliphatic carbocycles. The van der Waals surface area contributed by atoms with E-state index in [0.29, 0.717) is 25.2 Å². The first kappa shape index (κ1) is 20.9. The van der Waals surface area contributed by atoms with Crippen molar-refractivity contribution in [2.75, 3.05) is 25.4 Å². The fourth-order valence-electron chi connectivity index (χ4n) is 3.18. The predicted molar refractivity (Wildman–Crippen MR) is 113 cm³/mol. The molecule has 0 spiro atoms. The Morgan fingerprint density at radius 3 is 2.39 bits per heavy atom. The van der Waals surface area contributed by atoms with E-state index in [0.717, 1.165) is 36.3 Å². The van der Waals surface area contributed by atoms with E-state index in [9.17, 15) is 13.2 Å². The molecule has 1 heterocycles. The molecule has 0 bridgehead atoms. The van der Waals surface area contributed by atoms with Gasteiger partial charge in [0.15, 0.2) is 0 Å². The van der Waals surface area contributed by atoms with Crippen molar-refractivity contribution in [2.24, 2.45) is 0 Å². The first-order chi connectivity index (χ1) is 13.6. The van der Waals surface area contributed by atoms with Gasteiger partial charge in [-0.15, -0.1) is 11.8 Å². The zero-order chi connectivity index (χ0) is 19.8. The smallest absolute Gasteiger partial charge is 0.251 e. The maximum absolute atomic E-state index is 12.9. The van der Waals surface area contributed by atoms with Crippen LogP contribution in [-0.2, 0) is 10.0 Å². The lowest BCUT2D eigenvalue weighted by Gasteiger charge is -2.20. The zero-order valence-corrected chi connectivity index (χ0v) is 17.5. The van der Waals surface area contributed by atoms with E-state index in [1.54, 1.807) is 34.3 Å². The van der Waals surface area contributed by atoms with Gasteiger partial charge in [0.25, 0.3) is 5.91 Å². The molecule has 1 fully saturated rings. The molecule has 1 saturated heterocycles. The van der Waals surface area contributed by atoms with Gasteiger partial charge in [-0.3, -0.25) is 4.79 Å². The molecule has 0 radical (unpaired) electrons. The van der Waals surface area contributed by atoms with Crippen molar-refractivity contribution in [3.63, 3.8) is 0 Å². The summed E-state index contributed by atoms with van der Waals surface area (Å²) in [4.78, 5) is 13.8.